The Kier molecular flexibility index (Phi) is 7.86. The van der Waals surface area contributed by atoms with Gasteiger partial charge in [0.15, 0.2) is 0 Å². The van der Waals surface area contributed by atoms with E-state index < -0.39 is 0 Å². The van der Waals surface area contributed by atoms with E-state index in [0.29, 0.717) is 26.1 Å². The second-order valence-corrected chi connectivity index (χ2v) is 7.15. The summed E-state index contributed by atoms with van der Waals surface area (Å²) in [5.41, 5.74) is 5.42. The molecule has 1 saturated heterocycles. The van der Waals surface area contributed by atoms with Gasteiger partial charge in [-0.05, 0) is 31.6 Å². The fourth-order valence-corrected chi connectivity index (χ4v) is 3.93. The van der Waals surface area contributed by atoms with E-state index in [0.717, 1.165) is 31.7 Å². The molecule has 0 aromatic carbocycles. The van der Waals surface area contributed by atoms with E-state index in [4.69, 9.17) is 5.73 Å². The average molecular weight is 323 g/mol. The van der Waals surface area contributed by atoms with Crippen LogP contribution in [0.5, 0.6) is 0 Å². The molecule has 23 heavy (non-hydrogen) atoms. The van der Waals surface area contributed by atoms with Crippen molar-refractivity contribution in [2.45, 2.75) is 64.2 Å². The van der Waals surface area contributed by atoms with Crippen LogP contribution in [0.1, 0.15) is 64.2 Å². The van der Waals surface area contributed by atoms with Crippen molar-refractivity contribution in [1.29, 1.82) is 0 Å². The van der Waals surface area contributed by atoms with Gasteiger partial charge in [0.05, 0.1) is 5.92 Å². The third-order valence-electron chi connectivity index (χ3n) is 5.32. The highest BCUT2D eigenvalue weighted by atomic mass is 16.2. The summed E-state index contributed by atoms with van der Waals surface area (Å²) in [6.07, 6.45) is 11.5. The zero-order valence-corrected chi connectivity index (χ0v) is 14.4. The summed E-state index contributed by atoms with van der Waals surface area (Å²) in [6, 6.07) is 0. The Morgan fingerprint density at radius 2 is 1.87 bits per heavy atom. The van der Waals surface area contributed by atoms with Gasteiger partial charge in [0, 0.05) is 32.6 Å². The fourth-order valence-electron chi connectivity index (χ4n) is 3.93. The van der Waals surface area contributed by atoms with Crippen LogP contribution in [0.3, 0.4) is 0 Å². The van der Waals surface area contributed by atoms with E-state index in [1.54, 1.807) is 0 Å². The predicted octanol–water partition coefficient (Wildman–Crippen LogP) is 2.05. The van der Waals surface area contributed by atoms with Gasteiger partial charge in [0.1, 0.15) is 0 Å². The summed E-state index contributed by atoms with van der Waals surface area (Å²) in [5, 5.41) is 2.85. The molecule has 1 heterocycles. The first-order valence-electron chi connectivity index (χ1n) is 9.46. The minimum atomic E-state index is -0.0578. The van der Waals surface area contributed by atoms with Gasteiger partial charge < -0.3 is 16.0 Å². The molecule has 0 radical (unpaired) electrons. The molecule has 1 unspecified atom stereocenters. The summed E-state index contributed by atoms with van der Waals surface area (Å²) in [7, 11) is 0. The lowest BCUT2D eigenvalue weighted by Crippen LogP contribution is -2.46. The Morgan fingerprint density at radius 3 is 2.61 bits per heavy atom. The zero-order chi connectivity index (χ0) is 16.5. The molecule has 2 rings (SSSR count). The van der Waals surface area contributed by atoms with Crippen molar-refractivity contribution in [3.8, 4) is 0 Å². The fraction of sp³-hybridized carbons (Fsp3) is 0.889. The third-order valence-corrected chi connectivity index (χ3v) is 5.32. The maximum Gasteiger partial charge on any atom is 0.224 e. The van der Waals surface area contributed by atoms with Gasteiger partial charge in [-0.3, -0.25) is 9.59 Å². The minimum absolute atomic E-state index is 0.0511. The number of likely N-dealkylation sites (tertiary alicyclic amines) is 1. The minimum Gasteiger partial charge on any atom is -0.355 e. The Labute approximate surface area is 140 Å². The average Bonchev–Trinajstić information content (AvgIpc) is 2.60. The first-order valence-corrected chi connectivity index (χ1v) is 9.46. The first kappa shape index (κ1) is 18.2. The summed E-state index contributed by atoms with van der Waals surface area (Å²) >= 11 is 0. The second kappa shape index (κ2) is 9.91. The number of nitrogens with one attached hydrogen (secondary N) is 1. The summed E-state index contributed by atoms with van der Waals surface area (Å²) in [4.78, 5) is 26.3. The van der Waals surface area contributed by atoms with E-state index >= 15 is 0 Å². The largest absolute Gasteiger partial charge is 0.355 e. The van der Waals surface area contributed by atoms with Crippen LogP contribution in [0.4, 0.5) is 0 Å². The Hall–Kier alpha value is -1.10. The van der Waals surface area contributed by atoms with Crippen LogP contribution >= 0.6 is 0 Å². The van der Waals surface area contributed by atoms with Crippen molar-refractivity contribution in [3.05, 3.63) is 0 Å². The highest BCUT2D eigenvalue weighted by Crippen LogP contribution is 2.28. The van der Waals surface area contributed by atoms with Gasteiger partial charge in [-0.2, -0.15) is 0 Å². The standard InChI is InChI=1S/C18H33N3O2/c19-11-12-20-18(23)16-9-5-13-21(14-16)17(22)10-4-8-15-6-2-1-3-7-15/h15-16H,1-14,19H2,(H,20,23). The molecule has 2 aliphatic rings. The number of rotatable bonds is 7. The summed E-state index contributed by atoms with van der Waals surface area (Å²) < 4.78 is 0. The van der Waals surface area contributed by atoms with Crippen molar-refractivity contribution in [3.63, 3.8) is 0 Å². The third kappa shape index (κ3) is 6.13. The number of amides is 2. The van der Waals surface area contributed by atoms with Crippen molar-refractivity contribution in [2.75, 3.05) is 26.2 Å². The first-order chi connectivity index (χ1) is 11.2. The van der Waals surface area contributed by atoms with Crippen LogP contribution < -0.4 is 11.1 Å². The number of carbonyl (C=O) groups is 2. The number of carbonyl (C=O) groups excluding carboxylic acids is 2. The smallest absolute Gasteiger partial charge is 0.224 e. The molecule has 5 nitrogen and oxygen atoms in total. The molecule has 1 atom stereocenters. The molecule has 0 bridgehead atoms. The molecule has 0 aromatic rings. The summed E-state index contributed by atoms with van der Waals surface area (Å²) in [6.45, 7) is 2.37. The molecule has 1 aliphatic carbocycles. The molecular formula is C18H33N3O2. The Morgan fingerprint density at radius 1 is 1.09 bits per heavy atom. The van der Waals surface area contributed by atoms with Gasteiger partial charge in [0.25, 0.3) is 0 Å². The van der Waals surface area contributed by atoms with Crippen molar-refractivity contribution >= 4 is 11.8 Å². The maximum absolute atomic E-state index is 12.4. The van der Waals surface area contributed by atoms with Gasteiger partial charge in [-0.15, -0.1) is 0 Å². The van der Waals surface area contributed by atoms with Crippen molar-refractivity contribution < 1.29 is 9.59 Å². The quantitative estimate of drug-likeness (QED) is 0.753. The lowest BCUT2D eigenvalue weighted by Gasteiger charge is -2.32. The molecular weight excluding hydrogens is 290 g/mol. The second-order valence-electron chi connectivity index (χ2n) is 7.15. The van der Waals surface area contributed by atoms with Crippen LogP contribution in [-0.4, -0.2) is 42.9 Å². The molecule has 132 valence electrons. The van der Waals surface area contributed by atoms with Crippen LogP contribution in [-0.2, 0) is 9.59 Å². The van der Waals surface area contributed by atoms with Gasteiger partial charge in [-0.25, -0.2) is 0 Å². The lowest BCUT2D eigenvalue weighted by atomic mass is 9.86. The van der Waals surface area contributed by atoms with Crippen molar-refractivity contribution in [1.82, 2.24) is 10.2 Å². The molecule has 1 aliphatic heterocycles. The molecule has 3 N–H and O–H groups in total. The van der Waals surface area contributed by atoms with Crippen LogP contribution in [0.25, 0.3) is 0 Å². The summed E-state index contributed by atoms with van der Waals surface area (Å²) in [5.74, 6) is 1.07. The van der Waals surface area contributed by atoms with E-state index in [1.165, 1.54) is 38.5 Å². The van der Waals surface area contributed by atoms with E-state index in [-0.39, 0.29) is 17.7 Å². The number of hydrogen-bond donors (Lipinski definition) is 2. The Bertz CT molecular complexity index is 380. The molecule has 0 spiro atoms. The lowest BCUT2D eigenvalue weighted by molar-refractivity contribution is -0.135. The van der Waals surface area contributed by atoms with Crippen LogP contribution in [0, 0.1) is 11.8 Å². The SMILES string of the molecule is NCCNC(=O)C1CCCN(C(=O)CCCC2CCCCC2)C1. The van der Waals surface area contributed by atoms with Crippen LogP contribution in [0.15, 0.2) is 0 Å². The number of piperidine rings is 1. The number of hydrogen-bond acceptors (Lipinski definition) is 3. The highest BCUT2D eigenvalue weighted by molar-refractivity contribution is 5.81. The highest BCUT2D eigenvalue weighted by Gasteiger charge is 2.28. The van der Waals surface area contributed by atoms with Gasteiger partial charge in [0.2, 0.25) is 11.8 Å². The maximum atomic E-state index is 12.4. The van der Waals surface area contributed by atoms with Gasteiger partial charge in [-0.1, -0.05) is 32.1 Å². The Balaban J connectivity index is 1.67. The van der Waals surface area contributed by atoms with E-state index in [9.17, 15) is 9.59 Å². The van der Waals surface area contributed by atoms with Crippen LogP contribution in [0.2, 0.25) is 0 Å². The molecule has 1 saturated carbocycles. The van der Waals surface area contributed by atoms with Gasteiger partial charge >= 0.3 is 0 Å². The normalized spacial score (nSPS) is 22.8. The zero-order valence-electron chi connectivity index (χ0n) is 14.4. The van der Waals surface area contributed by atoms with E-state index in [1.807, 2.05) is 4.90 Å². The topological polar surface area (TPSA) is 75.4 Å². The van der Waals surface area contributed by atoms with Crippen molar-refractivity contribution in [2.24, 2.45) is 17.6 Å². The van der Waals surface area contributed by atoms with E-state index in [2.05, 4.69) is 5.32 Å². The number of nitrogens with zero attached hydrogens (tertiary/aromatic N) is 1. The molecule has 5 heteroatoms. The molecule has 0 aromatic heterocycles. The molecule has 2 fully saturated rings. The molecule has 2 amide bonds. The number of nitrogens with two attached hydrogens (primary N) is 1. The predicted molar refractivity (Wildman–Crippen MR) is 91.8 cm³/mol. The monoisotopic (exact) mass is 323 g/mol.